The van der Waals surface area contributed by atoms with Crippen molar-refractivity contribution in [1.82, 2.24) is 5.32 Å². The summed E-state index contributed by atoms with van der Waals surface area (Å²) in [4.78, 5) is 12.2. The molecule has 1 aromatic carbocycles. The third-order valence-electron chi connectivity index (χ3n) is 8.97. The number of benzene rings is 1. The number of carboxylic acids is 1. The average molecular weight is 738 g/mol. The molecule has 0 saturated carbocycles. The van der Waals surface area contributed by atoms with Crippen LogP contribution in [0.1, 0.15) is 58.9 Å². The van der Waals surface area contributed by atoms with E-state index in [4.69, 9.17) is 22.1 Å². The highest BCUT2D eigenvalue weighted by Gasteiger charge is 2.38. The normalized spacial score (nSPS) is 23.6. The van der Waals surface area contributed by atoms with Gasteiger partial charge in [0.2, 0.25) is 0 Å². The Balaban J connectivity index is 1.56. The van der Waals surface area contributed by atoms with Crippen LogP contribution in [0.3, 0.4) is 0 Å². The van der Waals surface area contributed by atoms with Crippen LogP contribution in [0.25, 0.3) is 0 Å². The predicted octanol–water partition coefficient (Wildman–Crippen LogP) is 10.9. The van der Waals surface area contributed by atoms with Gasteiger partial charge in [-0.05, 0) is 80.7 Å². The molecule has 270 valence electrons. The van der Waals surface area contributed by atoms with Gasteiger partial charge >= 0.3 is 18.3 Å². The van der Waals surface area contributed by atoms with Gasteiger partial charge in [0.05, 0.1) is 5.57 Å². The molecule has 3 aliphatic carbocycles. The van der Waals surface area contributed by atoms with Crippen molar-refractivity contribution in [3.63, 3.8) is 0 Å². The van der Waals surface area contributed by atoms with Gasteiger partial charge in [0.25, 0.3) is 0 Å². The van der Waals surface area contributed by atoms with Crippen molar-refractivity contribution < 1.29 is 41.0 Å². The molecule has 4 unspecified atom stereocenters. The summed E-state index contributed by atoms with van der Waals surface area (Å²) in [5.41, 5.74) is 2.08. The van der Waals surface area contributed by atoms with Gasteiger partial charge in [0, 0.05) is 26.8 Å². The second-order valence-electron chi connectivity index (χ2n) is 13.4. The lowest BCUT2D eigenvalue weighted by Crippen LogP contribution is -2.28. The van der Waals surface area contributed by atoms with Gasteiger partial charge in [0.15, 0.2) is 6.61 Å². The maximum Gasteiger partial charge on any atom is 0.416 e. The van der Waals surface area contributed by atoms with E-state index < -0.39 is 47.4 Å². The molecular formula is C38H41F6NO3S2. The monoisotopic (exact) mass is 737 g/mol. The number of rotatable bonds is 11. The molecule has 3 aliphatic rings. The van der Waals surface area contributed by atoms with Crippen molar-refractivity contribution in [2.45, 2.75) is 82.8 Å². The van der Waals surface area contributed by atoms with Gasteiger partial charge in [-0.25, -0.2) is 4.79 Å². The van der Waals surface area contributed by atoms with E-state index >= 15 is 0 Å². The number of alkyl halides is 6. The summed E-state index contributed by atoms with van der Waals surface area (Å²) in [7, 11) is 0. The van der Waals surface area contributed by atoms with Gasteiger partial charge in [0.1, 0.15) is 10.7 Å². The Kier molecular flexibility index (Phi) is 12.4. The summed E-state index contributed by atoms with van der Waals surface area (Å²) in [6, 6.07) is 5.46. The highest BCUT2D eigenvalue weighted by atomic mass is 32.2. The van der Waals surface area contributed by atoms with E-state index in [2.05, 4.69) is 11.4 Å². The Bertz CT molecular complexity index is 1710. The highest BCUT2D eigenvalue weighted by molar-refractivity contribution is 8.00. The Morgan fingerprint density at radius 1 is 1.16 bits per heavy atom. The standard InChI is InChI=1S/C38H41F6NO3S2/c1-22-14-28(20-29(15-22)38(42,43)44)36(5)12-10-26(11-13-36)19-31(50-30-7-9-33(24(3)17-30)48-21-34(46)47)18-25(4)45-35(49)32-8-6-27(16-23(32)2)37(39,40)41/h6-12,15,17-18,20,22-23,31H,13-14,16,19,21H2,1-5H3,(H,45,49)(H,46,47)/b25-18+. The van der Waals surface area contributed by atoms with Gasteiger partial charge < -0.3 is 15.2 Å². The first-order chi connectivity index (χ1) is 23.2. The van der Waals surface area contributed by atoms with Crippen molar-refractivity contribution in [2.75, 3.05) is 6.61 Å². The third-order valence-corrected chi connectivity index (χ3v) is 10.4. The van der Waals surface area contributed by atoms with Crippen LogP contribution in [-0.4, -0.2) is 40.3 Å². The Labute approximate surface area is 298 Å². The van der Waals surface area contributed by atoms with E-state index in [9.17, 15) is 31.1 Å². The lowest BCUT2D eigenvalue weighted by molar-refractivity contribution is -0.139. The maximum absolute atomic E-state index is 13.6. The predicted molar refractivity (Wildman–Crippen MR) is 190 cm³/mol. The summed E-state index contributed by atoms with van der Waals surface area (Å²) >= 11 is 7.17. The lowest BCUT2D eigenvalue weighted by atomic mass is 9.70. The summed E-state index contributed by atoms with van der Waals surface area (Å²) in [6.07, 6.45) is 5.80. The van der Waals surface area contributed by atoms with Crippen molar-refractivity contribution in [2.24, 2.45) is 17.3 Å². The van der Waals surface area contributed by atoms with Crippen molar-refractivity contribution >= 4 is 34.9 Å². The number of thiocarbonyl (C=S) groups is 1. The van der Waals surface area contributed by atoms with E-state index in [0.29, 0.717) is 41.3 Å². The summed E-state index contributed by atoms with van der Waals surface area (Å²) in [5.74, 6) is -1.28. The zero-order valence-electron chi connectivity index (χ0n) is 28.5. The molecule has 0 spiro atoms. The molecule has 4 rings (SSSR count). The second kappa shape index (κ2) is 15.8. The van der Waals surface area contributed by atoms with Crippen LogP contribution in [0, 0.1) is 24.2 Å². The molecule has 0 aliphatic heterocycles. The summed E-state index contributed by atoms with van der Waals surface area (Å²) < 4.78 is 86.0. The van der Waals surface area contributed by atoms with Crippen LogP contribution >= 0.6 is 24.0 Å². The van der Waals surface area contributed by atoms with Crippen LogP contribution in [0.4, 0.5) is 26.3 Å². The van der Waals surface area contributed by atoms with E-state index in [-0.39, 0.29) is 17.6 Å². The molecule has 0 amide bonds. The Morgan fingerprint density at radius 2 is 1.88 bits per heavy atom. The maximum atomic E-state index is 13.6. The van der Waals surface area contributed by atoms with Crippen LogP contribution < -0.4 is 10.1 Å². The molecule has 12 heteroatoms. The Morgan fingerprint density at radius 3 is 2.46 bits per heavy atom. The molecule has 0 aromatic heterocycles. The number of halogens is 6. The SMILES string of the molecule is C/C(=C\C(CC1=CCC(C)(C2=CC(C(F)(F)F)=CC(C)C2)C=C1)Sc1ccc(OCC(=O)O)c(C)c1)NC(=S)C1=CC=C(C(F)(F)F)CC1C. The van der Waals surface area contributed by atoms with Crippen molar-refractivity contribution in [1.29, 1.82) is 0 Å². The van der Waals surface area contributed by atoms with Crippen LogP contribution in [0.5, 0.6) is 5.75 Å². The largest absolute Gasteiger partial charge is 0.482 e. The minimum absolute atomic E-state index is 0.154. The number of hydrogen-bond donors (Lipinski definition) is 2. The number of aliphatic carboxylic acids is 1. The molecule has 0 radical (unpaired) electrons. The average Bonchev–Trinajstić information content (AvgIpc) is 3.00. The number of ether oxygens (including phenoxy) is 1. The Hall–Kier alpha value is -3.51. The van der Waals surface area contributed by atoms with Crippen molar-refractivity contribution in [3.8, 4) is 5.75 Å². The van der Waals surface area contributed by atoms with Gasteiger partial charge in [-0.15, -0.1) is 11.8 Å². The molecule has 4 atom stereocenters. The number of thioether (sulfide) groups is 1. The van der Waals surface area contributed by atoms with E-state index in [1.165, 1.54) is 18.2 Å². The van der Waals surface area contributed by atoms with Crippen LogP contribution in [0.15, 0.2) is 105 Å². The number of hydrogen-bond acceptors (Lipinski definition) is 4. The molecule has 0 saturated heterocycles. The zero-order valence-corrected chi connectivity index (χ0v) is 30.1. The lowest BCUT2D eigenvalue weighted by Gasteiger charge is -2.35. The quantitative estimate of drug-likeness (QED) is 0.134. The van der Waals surface area contributed by atoms with Crippen molar-refractivity contribution in [3.05, 3.63) is 106 Å². The zero-order chi connectivity index (χ0) is 37.0. The minimum Gasteiger partial charge on any atom is -0.482 e. The van der Waals surface area contributed by atoms with E-state index in [1.54, 1.807) is 31.7 Å². The van der Waals surface area contributed by atoms with Crippen LogP contribution in [-0.2, 0) is 4.79 Å². The topological polar surface area (TPSA) is 58.6 Å². The number of nitrogens with one attached hydrogen (secondary N) is 1. The molecule has 0 heterocycles. The molecule has 1 aromatic rings. The molecule has 4 nitrogen and oxygen atoms in total. The molecule has 2 N–H and O–H groups in total. The number of aryl methyl sites for hydroxylation is 1. The van der Waals surface area contributed by atoms with E-state index in [1.807, 2.05) is 51.1 Å². The minimum atomic E-state index is -4.41. The van der Waals surface area contributed by atoms with E-state index in [0.717, 1.165) is 27.7 Å². The molecule has 0 fully saturated rings. The van der Waals surface area contributed by atoms with Gasteiger partial charge in [-0.2, -0.15) is 26.3 Å². The fraction of sp³-hybridized carbons (Fsp3) is 0.421. The molecule has 50 heavy (non-hydrogen) atoms. The first kappa shape index (κ1) is 39.3. The second-order valence-corrected chi connectivity index (χ2v) is 15.1. The summed E-state index contributed by atoms with van der Waals surface area (Å²) in [6.45, 7) is 8.66. The van der Waals surface area contributed by atoms with Gasteiger partial charge in [-0.3, -0.25) is 0 Å². The first-order valence-electron chi connectivity index (χ1n) is 16.2. The highest BCUT2D eigenvalue weighted by Crippen LogP contribution is 2.45. The van der Waals surface area contributed by atoms with Crippen LogP contribution in [0.2, 0.25) is 0 Å². The molecule has 0 bridgehead atoms. The smallest absolute Gasteiger partial charge is 0.416 e. The first-order valence-corrected chi connectivity index (χ1v) is 17.5. The van der Waals surface area contributed by atoms with Gasteiger partial charge in [-0.1, -0.05) is 92.7 Å². The number of allylic oxidation sites excluding steroid dienone is 12. The number of carbonyl (C=O) groups is 1. The summed E-state index contributed by atoms with van der Waals surface area (Å²) in [5, 5.41) is 12.0. The number of carboxylic acid groups (broad SMARTS) is 1. The fourth-order valence-electron chi connectivity index (χ4n) is 6.22. The fourth-order valence-corrected chi connectivity index (χ4v) is 7.94. The third kappa shape index (κ3) is 10.5. The molecular weight excluding hydrogens is 697 g/mol.